The summed E-state index contributed by atoms with van der Waals surface area (Å²) in [6.07, 6.45) is 2.70. The van der Waals surface area contributed by atoms with Crippen LogP contribution in [0.4, 0.5) is 4.79 Å². The number of thioether (sulfide) groups is 1. The monoisotopic (exact) mass is 488 g/mol. The molecule has 1 aliphatic heterocycles. The summed E-state index contributed by atoms with van der Waals surface area (Å²) in [7, 11) is 1.57. The second-order valence-corrected chi connectivity index (χ2v) is 9.61. The van der Waals surface area contributed by atoms with E-state index in [-0.39, 0.29) is 41.9 Å². The van der Waals surface area contributed by atoms with Crippen molar-refractivity contribution in [1.82, 2.24) is 20.5 Å². The van der Waals surface area contributed by atoms with Gasteiger partial charge in [0, 0.05) is 24.0 Å². The maximum Gasteiger partial charge on any atom is 0.281 e. The Morgan fingerprint density at radius 3 is 2.68 bits per heavy atom. The van der Waals surface area contributed by atoms with Crippen molar-refractivity contribution >= 4 is 45.5 Å². The maximum absolute atomic E-state index is 13.3. The van der Waals surface area contributed by atoms with Gasteiger partial charge in [-0.3, -0.25) is 19.2 Å². The Hall–Kier alpha value is -3.01. The number of hydrogen-bond acceptors (Lipinski definition) is 6. The molecule has 0 aliphatic carbocycles. The predicted octanol–water partition coefficient (Wildman–Crippen LogP) is 2.81. The predicted molar refractivity (Wildman–Crippen MR) is 132 cm³/mol. The van der Waals surface area contributed by atoms with Crippen molar-refractivity contribution in [2.75, 3.05) is 33.0 Å². The molecule has 1 aliphatic rings. The van der Waals surface area contributed by atoms with Crippen LogP contribution in [-0.4, -0.2) is 71.8 Å². The molecule has 3 N–H and O–H groups in total. The number of methoxy groups -OCH3 is 1. The Balaban J connectivity index is 1.75. The number of benzene rings is 1. The largest absolute Gasteiger partial charge is 0.496 e. The van der Waals surface area contributed by atoms with Crippen LogP contribution in [0.2, 0.25) is 0 Å². The molecule has 9 nitrogen and oxygen atoms in total. The molecule has 10 heteroatoms. The van der Waals surface area contributed by atoms with E-state index in [1.807, 2.05) is 32.0 Å². The molecule has 2 atom stereocenters. The number of nitrogens with zero attached hydrogens (tertiary/aromatic N) is 1. The van der Waals surface area contributed by atoms with Gasteiger partial charge in [-0.25, -0.2) is 0 Å². The van der Waals surface area contributed by atoms with Gasteiger partial charge < -0.3 is 25.3 Å². The van der Waals surface area contributed by atoms with Crippen LogP contribution in [0.5, 0.6) is 5.75 Å². The normalized spacial score (nSPS) is 16.4. The number of amides is 3. The van der Waals surface area contributed by atoms with Gasteiger partial charge in [0.1, 0.15) is 11.4 Å². The fourth-order valence-electron chi connectivity index (χ4n) is 4.12. The minimum atomic E-state index is -0.768. The summed E-state index contributed by atoms with van der Waals surface area (Å²) in [4.78, 5) is 55.3. The Labute approximate surface area is 203 Å². The highest BCUT2D eigenvalue weighted by molar-refractivity contribution is 8.12. The van der Waals surface area contributed by atoms with Gasteiger partial charge in [0.2, 0.25) is 5.91 Å². The van der Waals surface area contributed by atoms with Gasteiger partial charge in [-0.2, -0.15) is 0 Å². The zero-order chi connectivity index (χ0) is 24.8. The Bertz CT molecular complexity index is 1070. The minimum absolute atomic E-state index is 0.104. The summed E-state index contributed by atoms with van der Waals surface area (Å²) in [6, 6.07) is 6.41. The van der Waals surface area contributed by atoms with Crippen molar-refractivity contribution in [2.24, 2.45) is 11.8 Å². The molecule has 1 aromatic carbocycles. The third-order valence-corrected chi connectivity index (χ3v) is 6.48. The molecule has 0 bridgehead atoms. The smallest absolute Gasteiger partial charge is 0.281 e. The number of fused-ring (bicyclic) bond motifs is 1. The zero-order valence-electron chi connectivity index (χ0n) is 20.0. The molecular formula is C24H32N4O5S. The molecule has 34 heavy (non-hydrogen) atoms. The van der Waals surface area contributed by atoms with Crippen LogP contribution >= 0.6 is 11.8 Å². The first-order valence-electron chi connectivity index (χ1n) is 11.3. The summed E-state index contributed by atoms with van der Waals surface area (Å²) >= 11 is 1.00. The summed E-state index contributed by atoms with van der Waals surface area (Å²) < 4.78 is 5.36. The van der Waals surface area contributed by atoms with Crippen LogP contribution in [0.15, 0.2) is 24.3 Å². The van der Waals surface area contributed by atoms with Gasteiger partial charge in [0.15, 0.2) is 5.78 Å². The Morgan fingerprint density at radius 1 is 1.29 bits per heavy atom. The third kappa shape index (κ3) is 6.11. The third-order valence-electron chi connectivity index (χ3n) is 5.87. The van der Waals surface area contributed by atoms with Gasteiger partial charge in [0.25, 0.3) is 11.1 Å². The number of aromatic amines is 1. The Kier molecular flexibility index (Phi) is 8.60. The molecule has 0 spiro atoms. The van der Waals surface area contributed by atoms with Crippen molar-refractivity contribution in [3.8, 4) is 5.75 Å². The average molecular weight is 489 g/mol. The molecule has 1 aromatic heterocycles. The fraction of sp³-hybridized carbons (Fsp3) is 0.500. The number of Topliss-reactive ketones (excluding diaryl/α,β-unsaturated/α-hetero) is 1. The van der Waals surface area contributed by atoms with E-state index >= 15 is 0 Å². The van der Waals surface area contributed by atoms with E-state index in [1.165, 1.54) is 4.90 Å². The van der Waals surface area contributed by atoms with Crippen molar-refractivity contribution in [2.45, 2.75) is 32.7 Å². The first kappa shape index (κ1) is 25.6. The van der Waals surface area contributed by atoms with Crippen LogP contribution in [0.3, 0.4) is 0 Å². The average Bonchev–Trinajstić information content (AvgIpc) is 3.43. The lowest BCUT2D eigenvalue weighted by atomic mass is 9.99. The molecule has 2 heterocycles. The van der Waals surface area contributed by atoms with E-state index in [1.54, 1.807) is 19.4 Å². The SMILES string of the molecule is COc1cccc2[nH]c(C(=O)N[C@@H](CC(C)C)C(=O)CN(C[C@@H]3CCNC3=O)C(=O)SC)cc12. The van der Waals surface area contributed by atoms with E-state index in [9.17, 15) is 19.2 Å². The molecule has 0 radical (unpaired) electrons. The fourth-order valence-corrected chi connectivity index (χ4v) is 4.52. The summed E-state index contributed by atoms with van der Waals surface area (Å²) in [6.45, 7) is 4.52. The van der Waals surface area contributed by atoms with Crippen molar-refractivity contribution in [1.29, 1.82) is 0 Å². The number of ether oxygens (including phenoxy) is 1. The van der Waals surface area contributed by atoms with Gasteiger partial charge >= 0.3 is 0 Å². The van der Waals surface area contributed by atoms with Crippen molar-refractivity contribution in [3.63, 3.8) is 0 Å². The van der Waals surface area contributed by atoms with Gasteiger partial charge in [-0.15, -0.1) is 0 Å². The lowest BCUT2D eigenvalue weighted by Crippen LogP contribution is -2.48. The number of ketones is 1. The van der Waals surface area contributed by atoms with Crippen LogP contribution in [0, 0.1) is 11.8 Å². The highest BCUT2D eigenvalue weighted by Gasteiger charge is 2.31. The maximum atomic E-state index is 13.3. The zero-order valence-corrected chi connectivity index (χ0v) is 20.8. The molecule has 184 valence electrons. The van der Waals surface area contributed by atoms with Crippen molar-refractivity contribution in [3.05, 3.63) is 30.0 Å². The number of carbonyl (C=O) groups is 4. The second-order valence-electron chi connectivity index (χ2n) is 8.85. The van der Waals surface area contributed by atoms with Crippen LogP contribution in [-0.2, 0) is 9.59 Å². The van der Waals surface area contributed by atoms with E-state index in [4.69, 9.17) is 4.74 Å². The van der Waals surface area contributed by atoms with Crippen LogP contribution < -0.4 is 15.4 Å². The number of nitrogens with one attached hydrogen (secondary N) is 3. The number of rotatable bonds is 10. The topological polar surface area (TPSA) is 121 Å². The standard InChI is InChI=1S/C24H32N4O5S/c1-14(2)10-18(20(29)13-28(24(32)34-4)12-15-8-9-25-22(15)30)27-23(31)19-11-16-17(26-19)6-5-7-21(16)33-3/h5-7,11,14-15,18,26H,8-10,12-13H2,1-4H3,(H,25,30)(H,27,31)/t15-,18-/m0/s1. The summed E-state index contributed by atoms with van der Waals surface area (Å²) in [5, 5.41) is 6.10. The Morgan fingerprint density at radius 2 is 2.06 bits per heavy atom. The molecule has 2 aromatic rings. The minimum Gasteiger partial charge on any atom is -0.496 e. The van der Waals surface area contributed by atoms with Crippen LogP contribution in [0.25, 0.3) is 10.9 Å². The molecule has 1 fully saturated rings. The summed E-state index contributed by atoms with van der Waals surface area (Å²) in [5.74, 6) is -0.324. The van der Waals surface area contributed by atoms with E-state index in [2.05, 4.69) is 15.6 Å². The first-order valence-corrected chi connectivity index (χ1v) is 12.6. The van der Waals surface area contributed by atoms with E-state index < -0.39 is 11.9 Å². The molecule has 0 unspecified atom stereocenters. The second kappa shape index (κ2) is 11.4. The van der Waals surface area contributed by atoms with E-state index in [0.717, 1.165) is 22.7 Å². The molecule has 3 rings (SSSR count). The molecular weight excluding hydrogens is 456 g/mol. The lowest BCUT2D eigenvalue weighted by molar-refractivity contribution is -0.124. The highest BCUT2D eigenvalue weighted by atomic mass is 32.2. The van der Waals surface area contributed by atoms with Crippen LogP contribution in [0.1, 0.15) is 37.2 Å². The molecule has 0 saturated carbocycles. The van der Waals surface area contributed by atoms with Gasteiger partial charge in [0.05, 0.1) is 25.6 Å². The summed E-state index contributed by atoms with van der Waals surface area (Å²) in [5.41, 5.74) is 1.07. The van der Waals surface area contributed by atoms with Gasteiger partial charge in [-0.05, 0) is 43.2 Å². The quantitative estimate of drug-likeness (QED) is 0.473. The van der Waals surface area contributed by atoms with Gasteiger partial charge in [-0.1, -0.05) is 31.7 Å². The number of H-pyrrole nitrogens is 1. The van der Waals surface area contributed by atoms with Crippen molar-refractivity contribution < 1.29 is 23.9 Å². The lowest BCUT2D eigenvalue weighted by Gasteiger charge is -2.26. The number of aromatic nitrogens is 1. The molecule has 1 saturated heterocycles. The number of carbonyl (C=O) groups excluding carboxylic acids is 4. The highest BCUT2D eigenvalue weighted by Crippen LogP contribution is 2.26. The molecule has 3 amide bonds. The van der Waals surface area contributed by atoms with E-state index in [0.29, 0.717) is 30.8 Å². The first-order chi connectivity index (χ1) is 16.2. The number of hydrogen-bond donors (Lipinski definition) is 3.